The largest absolute Gasteiger partial charge is 0.480 e. The highest BCUT2D eigenvalue weighted by Crippen LogP contribution is 2.17. The summed E-state index contributed by atoms with van der Waals surface area (Å²) in [6.45, 7) is 0.423. The Bertz CT molecular complexity index is 448. The lowest BCUT2D eigenvalue weighted by atomic mass is 10.2. The first-order valence-electron chi connectivity index (χ1n) is 6.00. The van der Waals surface area contributed by atoms with Crippen LogP contribution in [0.3, 0.4) is 0 Å². The number of rotatable bonds is 4. The van der Waals surface area contributed by atoms with Crippen molar-refractivity contribution in [3.8, 4) is 0 Å². The van der Waals surface area contributed by atoms with Gasteiger partial charge in [-0.05, 0) is 0 Å². The molecule has 1 aliphatic heterocycles. The molecule has 0 bridgehead atoms. The van der Waals surface area contributed by atoms with E-state index in [9.17, 15) is 14.7 Å². The fourth-order valence-electron chi connectivity index (χ4n) is 2.10. The Morgan fingerprint density at radius 1 is 1.58 bits per heavy atom. The maximum Gasteiger partial charge on any atom is 0.326 e. The summed E-state index contributed by atoms with van der Waals surface area (Å²) < 4.78 is 0. The van der Waals surface area contributed by atoms with Crippen LogP contribution in [-0.4, -0.2) is 62.3 Å². The molecule has 2 rings (SSSR count). The number of H-pyrrole nitrogens is 1. The van der Waals surface area contributed by atoms with Crippen LogP contribution in [0.25, 0.3) is 0 Å². The predicted octanol–water partition coefficient (Wildman–Crippen LogP) is -0.818. The number of likely N-dealkylation sites (tertiary alicyclic amines) is 1. The Morgan fingerprint density at radius 3 is 3.00 bits per heavy atom. The first-order chi connectivity index (χ1) is 9.08. The molecule has 0 radical (unpaired) electrons. The van der Waals surface area contributed by atoms with Crippen molar-refractivity contribution in [2.45, 2.75) is 25.0 Å². The molecule has 8 heteroatoms. The van der Waals surface area contributed by atoms with Crippen molar-refractivity contribution in [1.82, 2.24) is 20.2 Å². The van der Waals surface area contributed by atoms with E-state index in [1.54, 1.807) is 12.5 Å². The molecule has 0 aromatic carbocycles. The van der Waals surface area contributed by atoms with Gasteiger partial charge >= 0.3 is 12.0 Å². The second-order valence-corrected chi connectivity index (χ2v) is 4.45. The number of amides is 2. The zero-order valence-corrected chi connectivity index (χ0v) is 10.2. The lowest BCUT2D eigenvalue weighted by Gasteiger charge is -2.21. The monoisotopic (exact) mass is 268 g/mol. The molecule has 0 spiro atoms. The fourth-order valence-corrected chi connectivity index (χ4v) is 2.10. The van der Waals surface area contributed by atoms with Gasteiger partial charge in [0.15, 0.2) is 0 Å². The second kappa shape index (κ2) is 5.70. The summed E-state index contributed by atoms with van der Waals surface area (Å²) in [5, 5.41) is 21.1. The van der Waals surface area contributed by atoms with Gasteiger partial charge in [0.2, 0.25) is 0 Å². The molecule has 1 aromatic rings. The summed E-state index contributed by atoms with van der Waals surface area (Å²) in [7, 11) is 0. The SMILES string of the molecule is O=C(O)C1CC(O)CN1C(=O)NCCc1cnc[nH]1. The number of hydrogen-bond donors (Lipinski definition) is 4. The first kappa shape index (κ1) is 13.3. The molecule has 4 N–H and O–H groups in total. The molecule has 1 saturated heterocycles. The zero-order chi connectivity index (χ0) is 13.8. The molecular weight excluding hydrogens is 252 g/mol. The molecular formula is C11H16N4O4. The van der Waals surface area contributed by atoms with Crippen LogP contribution >= 0.6 is 0 Å². The third-order valence-corrected chi connectivity index (χ3v) is 3.05. The summed E-state index contributed by atoms with van der Waals surface area (Å²) in [6, 6.07) is -1.43. The molecule has 2 atom stereocenters. The number of urea groups is 1. The zero-order valence-electron chi connectivity index (χ0n) is 10.2. The number of aliphatic hydroxyl groups is 1. The van der Waals surface area contributed by atoms with Gasteiger partial charge in [-0.2, -0.15) is 0 Å². The number of carbonyl (C=O) groups is 2. The molecule has 19 heavy (non-hydrogen) atoms. The molecule has 0 aliphatic carbocycles. The molecule has 1 aromatic heterocycles. The minimum Gasteiger partial charge on any atom is -0.480 e. The Balaban J connectivity index is 1.83. The van der Waals surface area contributed by atoms with Gasteiger partial charge in [-0.3, -0.25) is 0 Å². The highest BCUT2D eigenvalue weighted by molar-refractivity contribution is 5.83. The number of imidazole rings is 1. The van der Waals surface area contributed by atoms with Crippen LogP contribution in [0.5, 0.6) is 0 Å². The number of β-amino-alcohol motifs (C(OH)–C–C–N with tert-alkyl or cyclic N) is 1. The molecule has 1 fully saturated rings. The summed E-state index contributed by atoms with van der Waals surface area (Å²) in [5.74, 6) is -1.10. The number of aromatic nitrogens is 2. The minimum atomic E-state index is -1.10. The number of aliphatic carboxylic acids is 1. The maximum atomic E-state index is 11.8. The molecule has 2 unspecified atom stereocenters. The molecule has 0 saturated carbocycles. The van der Waals surface area contributed by atoms with Crippen molar-refractivity contribution >= 4 is 12.0 Å². The van der Waals surface area contributed by atoms with Crippen molar-refractivity contribution in [2.75, 3.05) is 13.1 Å². The van der Waals surface area contributed by atoms with E-state index in [4.69, 9.17) is 5.11 Å². The fraction of sp³-hybridized carbons (Fsp3) is 0.545. The second-order valence-electron chi connectivity index (χ2n) is 4.45. The lowest BCUT2D eigenvalue weighted by Crippen LogP contribution is -2.46. The quantitative estimate of drug-likeness (QED) is 0.569. The van der Waals surface area contributed by atoms with Crippen LogP contribution in [0.4, 0.5) is 4.79 Å². The van der Waals surface area contributed by atoms with Gasteiger partial charge in [-0.25, -0.2) is 14.6 Å². The number of carboxylic acid groups (broad SMARTS) is 1. The van der Waals surface area contributed by atoms with Crippen molar-refractivity contribution in [3.63, 3.8) is 0 Å². The molecule has 2 amide bonds. The first-order valence-corrected chi connectivity index (χ1v) is 6.00. The van der Waals surface area contributed by atoms with E-state index in [1.807, 2.05) is 0 Å². The molecule has 8 nitrogen and oxygen atoms in total. The Kier molecular flexibility index (Phi) is 4.00. The van der Waals surface area contributed by atoms with Crippen molar-refractivity contribution in [2.24, 2.45) is 0 Å². The molecule has 2 heterocycles. The van der Waals surface area contributed by atoms with Crippen LogP contribution in [-0.2, 0) is 11.2 Å². The van der Waals surface area contributed by atoms with Crippen LogP contribution in [0, 0.1) is 0 Å². The van der Waals surface area contributed by atoms with Crippen LogP contribution < -0.4 is 5.32 Å². The molecule has 104 valence electrons. The van der Waals surface area contributed by atoms with Gasteiger partial charge in [-0.1, -0.05) is 0 Å². The van der Waals surface area contributed by atoms with E-state index in [-0.39, 0.29) is 13.0 Å². The highest BCUT2D eigenvalue weighted by Gasteiger charge is 2.38. The Hall–Kier alpha value is -2.09. The van der Waals surface area contributed by atoms with Gasteiger partial charge in [0, 0.05) is 37.8 Å². The molecule has 1 aliphatic rings. The van der Waals surface area contributed by atoms with E-state index >= 15 is 0 Å². The van der Waals surface area contributed by atoms with Gasteiger partial charge < -0.3 is 25.4 Å². The maximum absolute atomic E-state index is 11.8. The van der Waals surface area contributed by atoms with Crippen molar-refractivity contribution < 1.29 is 19.8 Å². The van der Waals surface area contributed by atoms with Gasteiger partial charge in [0.25, 0.3) is 0 Å². The normalized spacial score (nSPS) is 22.5. The van der Waals surface area contributed by atoms with E-state index in [0.717, 1.165) is 10.6 Å². The number of carbonyl (C=O) groups excluding carboxylic acids is 1. The lowest BCUT2D eigenvalue weighted by molar-refractivity contribution is -0.141. The average Bonchev–Trinajstić information content (AvgIpc) is 2.98. The third kappa shape index (κ3) is 3.22. The van der Waals surface area contributed by atoms with Crippen LogP contribution in [0.1, 0.15) is 12.1 Å². The van der Waals surface area contributed by atoms with E-state index in [0.29, 0.717) is 13.0 Å². The summed E-state index contributed by atoms with van der Waals surface area (Å²) >= 11 is 0. The smallest absolute Gasteiger partial charge is 0.326 e. The standard InChI is InChI=1S/C11H16N4O4/c16-8-3-9(10(17)18)15(5-8)11(19)13-2-1-7-4-12-6-14-7/h4,6,8-9,16H,1-3,5H2,(H,12,14)(H,13,19)(H,17,18). The summed E-state index contributed by atoms with van der Waals surface area (Å²) in [6.07, 6.45) is 3.09. The van der Waals surface area contributed by atoms with Gasteiger partial charge in [0.1, 0.15) is 6.04 Å². The number of aliphatic hydroxyl groups excluding tert-OH is 1. The summed E-state index contributed by atoms with van der Waals surface area (Å²) in [5.41, 5.74) is 0.886. The topological polar surface area (TPSA) is 119 Å². The van der Waals surface area contributed by atoms with Gasteiger partial charge in [0.05, 0.1) is 12.4 Å². The number of aromatic amines is 1. The van der Waals surface area contributed by atoms with E-state index in [2.05, 4.69) is 15.3 Å². The predicted molar refractivity (Wildman–Crippen MR) is 64.4 cm³/mol. The van der Waals surface area contributed by atoms with E-state index < -0.39 is 24.1 Å². The number of nitrogens with one attached hydrogen (secondary N) is 2. The van der Waals surface area contributed by atoms with Gasteiger partial charge in [-0.15, -0.1) is 0 Å². The van der Waals surface area contributed by atoms with Crippen molar-refractivity contribution in [1.29, 1.82) is 0 Å². The van der Waals surface area contributed by atoms with Crippen LogP contribution in [0.15, 0.2) is 12.5 Å². The Morgan fingerprint density at radius 2 is 2.37 bits per heavy atom. The number of carboxylic acids is 1. The average molecular weight is 268 g/mol. The van der Waals surface area contributed by atoms with Crippen molar-refractivity contribution in [3.05, 3.63) is 18.2 Å². The number of nitrogens with zero attached hydrogens (tertiary/aromatic N) is 2. The minimum absolute atomic E-state index is 0.0485. The van der Waals surface area contributed by atoms with Crippen LogP contribution in [0.2, 0.25) is 0 Å². The van der Waals surface area contributed by atoms with E-state index in [1.165, 1.54) is 0 Å². The Labute approximate surface area is 109 Å². The number of hydrogen-bond acceptors (Lipinski definition) is 4. The summed E-state index contributed by atoms with van der Waals surface area (Å²) in [4.78, 5) is 30.7. The highest BCUT2D eigenvalue weighted by atomic mass is 16.4. The third-order valence-electron chi connectivity index (χ3n) is 3.05.